The van der Waals surface area contributed by atoms with E-state index in [2.05, 4.69) is 15.6 Å². The summed E-state index contributed by atoms with van der Waals surface area (Å²) in [6, 6.07) is 15.3. The zero-order chi connectivity index (χ0) is 18.8. The van der Waals surface area contributed by atoms with Gasteiger partial charge in [0.05, 0.1) is 11.2 Å². The summed E-state index contributed by atoms with van der Waals surface area (Å²) in [4.78, 5) is 17.2. The van der Waals surface area contributed by atoms with Gasteiger partial charge in [-0.05, 0) is 37.1 Å². The van der Waals surface area contributed by atoms with Crippen molar-refractivity contribution in [3.8, 4) is 0 Å². The highest BCUT2D eigenvalue weighted by Crippen LogP contribution is 2.29. The maximum atomic E-state index is 12.5. The second-order valence-corrected chi connectivity index (χ2v) is 6.85. The number of anilines is 3. The number of carbonyl (C=O) groups is 1. The first-order valence-corrected chi connectivity index (χ1v) is 9.08. The number of nitrogens with zero attached hydrogens (tertiary/aromatic N) is 1. The summed E-state index contributed by atoms with van der Waals surface area (Å²) < 4.78 is 0. The monoisotopic (exact) mass is 375 g/mol. The fourth-order valence-corrected chi connectivity index (χ4v) is 3.16. The molecular formula is C22H18ClN3O. The van der Waals surface area contributed by atoms with Gasteiger partial charge in [0.2, 0.25) is 0 Å². The lowest BCUT2D eigenvalue weighted by Gasteiger charge is -2.13. The van der Waals surface area contributed by atoms with Gasteiger partial charge in [0.15, 0.2) is 0 Å². The van der Waals surface area contributed by atoms with Crippen LogP contribution in [0.2, 0.25) is 5.02 Å². The van der Waals surface area contributed by atoms with Crippen LogP contribution in [0.4, 0.5) is 17.2 Å². The number of hydrogen-bond donors (Lipinski definition) is 2. The van der Waals surface area contributed by atoms with Crippen molar-refractivity contribution in [3.05, 3.63) is 82.9 Å². The van der Waals surface area contributed by atoms with E-state index in [0.717, 1.165) is 33.4 Å². The third-order valence-corrected chi connectivity index (χ3v) is 4.88. The molecule has 1 aromatic heterocycles. The molecule has 1 heterocycles. The largest absolute Gasteiger partial charge is 0.340 e. The van der Waals surface area contributed by atoms with Crippen LogP contribution in [-0.4, -0.2) is 10.9 Å². The van der Waals surface area contributed by atoms with Gasteiger partial charge in [-0.1, -0.05) is 54.1 Å². The minimum Gasteiger partial charge on any atom is -0.340 e. The Bertz CT molecular complexity index is 1100. The molecule has 0 radical (unpaired) electrons. The minimum absolute atomic E-state index is 0.0966. The summed E-state index contributed by atoms with van der Waals surface area (Å²) in [5.41, 5.74) is 4.12. The van der Waals surface area contributed by atoms with E-state index in [0.29, 0.717) is 17.3 Å². The van der Waals surface area contributed by atoms with Crippen LogP contribution < -0.4 is 10.6 Å². The van der Waals surface area contributed by atoms with Crippen molar-refractivity contribution in [3.63, 3.8) is 0 Å². The number of aryl methyl sites for hydroxylation is 1. The molecule has 4 nitrogen and oxygen atoms in total. The molecule has 2 N–H and O–H groups in total. The van der Waals surface area contributed by atoms with E-state index in [1.54, 1.807) is 0 Å². The van der Waals surface area contributed by atoms with Gasteiger partial charge < -0.3 is 10.6 Å². The number of benzene rings is 2. The number of pyridine rings is 1. The Balaban J connectivity index is 1.69. The fraction of sp³-hybridized carbons (Fsp3) is 0.0909. The van der Waals surface area contributed by atoms with Gasteiger partial charge in [0.25, 0.3) is 5.91 Å². The molecule has 1 aliphatic rings. The number of fused-ring (bicyclic) bond motifs is 1. The Hall–Kier alpha value is -3.11. The highest BCUT2D eigenvalue weighted by atomic mass is 35.5. The third-order valence-electron chi connectivity index (χ3n) is 4.47. The molecule has 1 aliphatic carbocycles. The molecule has 1 amide bonds. The maximum absolute atomic E-state index is 12.5. The molecule has 0 spiro atoms. The Morgan fingerprint density at radius 3 is 2.78 bits per heavy atom. The van der Waals surface area contributed by atoms with E-state index in [-0.39, 0.29) is 5.91 Å². The first-order valence-electron chi connectivity index (χ1n) is 8.70. The summed E-state index contributed by atoms with van der Waals surface area (Å²) >= 11 is 6.22. The molecule has 5 heteroatoms. The van der Waals surface area contributed by atoms with Crippen molar-refractivity contribution < 1.29 is 4.79 Å². The average Bonchev–Trinajstić information content (AvgIpc) is 3.20. The van der Waals surface area contributed by atoms with Crippen LogP contribution in [0.1, 0.15) is 12.0 Å². The predicted molar refractivity (Wildman–Crippen MR) is 112 cm³/mol. The zero-order valence-electron chi connectivity index (χ0n) is 14.8. The molecule has 27 heavy (non-hydrogen) atoms. The lowest BCUT2D eigenvalue weighted by Crippen LogP contribution is -2.14. The van der Waals surface area contributed by atoms with Gasteiger partial charge >= 0.3 is 0 Å². The number of para-hydroxylation sites is 1. The van der Waals surface area contributed by atoms with E-state index in [4.69, 9.17) is 11.6 Å². The summed E-state index contributed by atoms with van der Waals surface area (Å²) in [5, 5.41) is 7.88. The molecule has 0 bridgehead atoms. The van der Waals surface area contributed by atoms with Crippen LogP contribution in [0.5, 0.6) is 0 Å². The van der Waals surface area contributed by atoms with E-state index >= 15 is 0 Å². The van der Waals surface area contributed by atoms with Crippen LogP contribution >= 0.6 is 11.6 Å². The van der Waals surface area contributed by atoms with Crippen LogP contribution in [0, 0.1) is 6.92 Å². The van der Waals surface area contributed by atoms with E-state index in [1.807, 2.05) is 73.7 Å². The zero-order valence-corrected chi connectivity index (χ0v) is 15.5. The second kappa shape index (κ2) is 7.25. The van der Waals surface area contributed by atoms with Gasteiger partial charge in [-0.3, -0.25) is 4.79 Å². The normalized spacial score (nSPS) is 12.9. The van der Waals surface area contributed by atoms with Crippen molar-refractivity contribution in [1.82, 2.24) is 4.98 Å². The number of rotatable bonds is 4. The first kappa shape index (κ1) is 17.3. The molecule has 0 atom stereocenters. The van der Waals surface area contributed by atoms with Gasteiger partial charge in [-0.25, -0.2) is 4.98 Å². The molecule has 0 saturated heterocycles. The van der Waals surface area contributed by atoms with Crippen molar-refractivity contribution in [2.45, 2.75) is 13.3 Å². The SMILES string of the molecule is Cc1ccc(Nc2cc(NC(=O)C3=CC=CC3)c3ccccc3n2)cc1Cl. The molecule has 2 aromatic carbocycles. The smallest absolute Gasteiger partial charge is 0.251 e. The van der Waals surface area contributed by atoms with Crippen molar-refractivity contribution in [2.75, 3.05) is 10.6 Å². The second-order valence-electron chi connectivity index (χ2n) is 6.44. The van der Waals surface area contributed by atoms with E-state index in [1.165, 1.54) is 0 Å². The van der Waals surface area contributed by atoms with Gasteiger partial charge in [0.1, 0.15) is 5.82 Å². The van der Waals surface area contributed by atoms with Crippen LogP contribution in [0.25, 0.3) is 10.9 Å². The molecular weight excluding hydrogens is 358 g/mol. The highest BCUT2D eigenvalue weighted by Gasteiger charge is 2.13. The Labute approximate surface area is 162 Å². The molecule has 4 rings (SSSR count). The van der Waals surface area contributed by atoms with Crippen molar-refractivity contribution in [2.24, 2.45) is 0 Å². The van der Waals surface area contributed by atoms with Crippen LogP contribution in [0.15, 0.2) is 72.3 Å². The summed E-state index contributed by atoms with van der Waals surface area (Å²) in [6.07, 6.45) is 6.36. The maximum Gasteiger partial charge on any atom is 0.251 e. The molecule has 0 fully saturated rings. The molecule has 0 unspecified atom stereocenters. The van der Waals surface area contributed by atoms with E-state index < -0.39 is 0 Å². The average molecular weight is 376 g/mol. The van der Waals surface area contributed by atoms with Crippen LogP contribution in [0.3, 0.4) is 0 Å². The minimum atomic E-state index is -0.0966. The number of amides is 1. The topological polar surface area (TPSA) is 54.0 Å². The number of allylic oxidation sites excluding steroid dienone is 3. The molecule has 0 aliphatic heterocycles. The van der Waals surface area contributed by atoms with Gasteiger partial charge in [-0.2, -0.15) is 0 Å². The number of aromatic nitrogens is 1. The highest BCUT2D eigenvalue weighted by molar-refractivity contribution is 6.31. The molecule has 134 valence electrons. The number of halogens is 1. The van der Waals surface area contributed by atoms with Crippen molar-refractivity contribution >= 4 is 45.6 Å². The van der Waals surface area contributed by atoms with Gasteiger partial charge in [-0.15, -0.1) is 0 Å². The lowest BCUT2D eigenvalue weighted by atomic mass is 10.1. The van der Waals surface area contributed by atoms with Crippen LogP contribution in [-0.2, 0) is 4.79 Å². The Kier molecular flexibility index (Phi) is 4.65. The lowest BCUT2D eigenvalue weighted by molar-refractivity contribution is -0.112. The first-order chi connectivity index (χ1) is 13.1. The predicted octanol–water partition coefficient (Wildman–Crippen LogP) is 5.77. The van der Waals surface area contributed by atoms with Gasteiger partial charge in [0, 0.05) is 27.7 Å². The third kappa shape index (κ3) is 3.71. The quantitative estimate of drug-likeness (QED) is 0.609. The Morgan fingerprint density at radius 2 is 2.00 bits per heavy atom. The summed E-state index contributed by atoms with van der Waals surface area (Å²) in [7, 11) is 0. The standard InChI is InChI=1S/C22H18ClN3O/c1-14-10-11-16(12-18(14)23)24-21-13-20(17-8-4-5-9-19(17)25-21)26-22(27)15-6-2-3-7-15/h2-6,8-13H,7H2,1H3,(H2,24,25,26,27). The van der Waals surface area contributed by atoms with E-state index in [9.17, 15) is 4.79 Å². The fourth-order valence-electron chi connectivity index (χ4n) is 2.98. The van der Waals surface area contributed by atoms with Crippen molar-refractivity contribution in [1.29, 1.82) is 0 Å². The number of nitrogens with one attached hydrogen (secondary N) is 2. The number of hydrogen-bond acceptors (Lipinski definition) is 3. The summed E-state index contributed by atoms with van der Waals surface area (Å²) in [6.45, 7) is 1.96. The Morgan fingerprint density at radius 1 is 1.15 bits per heavy atom. The molecule has 0 saturated carbocycles. The summed E-state index contributed by atoms with van der Waals surface area (Å²) in [5.74, 6) is 0.545. The number of carbonyl (C=O) groups excluding carboxylic acids is 1. The molecule has 3 aromatic rings.